The molecule has 116 valence electrons. The summed E-state index contributed by atoms with van der Waals surface area (Å²) in [6.07, 6.45) is -1.04. The average molecular weight is 340 g/mol. The van der Waals surface area contributed by atoms with Gasteiger partial charge in [-0.3, -0.25) is 9.59 Å². The van der Waals surface area contributed by atoms with Crippen LogP contribution in [-0.2, 0) is 19.6 Å². The van der Waals surface area contributed by atoms with E-state index in [4.69, 9.17) is 21.8 Å². The summed E-state index contributed by atoms with van der Waals surface area (Å²) >= 11 is 5.46. The number of nitrogens with one attached hydrogen (secondary N) is 1. The summed E-state index contributed by atoms with van der Waals surface area (Å²) in [5, 5.41) is 16.9. The van der Waals surface area contributed by atoms with E-state index in [0.29, 0.717) is 0 Å². The van der Waals surface area contributed by atoms with Crippen molar-refractivity contribution in [2.24, 2.45) is 0 Å². The van der Waals surface area contributed by atoms with Gasteiger partial charge in [0.2, 0.25) is 10.0 Å². The molecule has 3 N–H and O–H groups in total. The number of sulfonamides is 1. The quantitative estimate of drug-likeness (QED) is 0.683. The standard InChI is InChI=1S/C11H11ClFNO6S/c12-6-2-1-3-8(10(6)13)21(19,20)14-7(11(17)18)4-5-9(15)16/h1-3,7,14H,4-5H2,(H,15,16)(H,17,18). The SMILES string of the molecule is O=C(O)CCC(NS(=O)(=O)c1cccc(Cl)c1F)C(=O)O. The van der Waals surface area contributed by atoms with Gasteiger partial charge in [0.05, 0.1) is 5.02 Å². The van der Waals surface area contributed by atoms with E-state index in [1.54, 1.807) is 4.72 Å². The zero-order valence-corrected chi connectivity index (χ0v) is 12.0. The van der Waals surface area contributed by atoms with Crippen LogP contribution < -0.4 is 4.72 Å². The molecule has 0 spiro atoms. The molecule has 0 saturated heterocycles. The first-order valence-electron chi connectivity index (χ1n) is 5.56. The summed E-state index contributed by atoms with van der Waals surface area (Å²) in [7, 11) is -4.49. The van der Waals surface area contributed by atoms with Crippen molar-refractivity contribution in [3.05, 3.63) is 29.0 Å². The molecule has 7 nitrogen and oxygen atoms in total. The number of aliphatic carboxylic acids is 2. The predicted molar refractivity (Wildman–Crippen MR) is 70.0 cm³/mol. The molecule has 21 heavy (non-hydrogen) atoms. The Labute approximate surface area is 124 Å². The molecule has 0 fully saturated rings. The van der Waals surface area contributed by atoms with Gasteiger partial charge in [-0.05, 0) is 18.6 Å². The van der Waals surface area contributed by atoms with Crippen LogP contribution in [-0.4, -0.2) is 36.6 Å². The number of hydrogen-bond donors (Lipinski definition) is 3. The minimum Gasteiger partial charge on any atom is -0.481 e. The van der Waals surface area contributed by atoms with Crippen molar-refractivity contribution in [1.29, 1.82) is 0 Å². The zero-order chi connectivity index (χ0) is 16.2. The second-order valence-corrected chi connectivity index (χ2v) is 6.09. The first kappa shape index (κ1) is 17.3. The molecule has 1 atom stereocenters. The van der Waals surface area contributed by atoms with E-state index in [1.165, 1.54) is 6.07 Å². The molecule has 1 aromatic carbocycles. The van der Waals surface area contributed by atoms with E-state index in [-0.39, 0.29) is 0 Å². The molecule has 0 saturated carbocycles. The van der Waals surface area contributed by atoms with E-state index < -0.39 is 56.6 Å². The Morgan fingerprint density at radius 2 is 1.95 bits per heavy atom. The fourth-order valence-electron chi connectivity index (χ4n) is 1.44. The fraction of sp³-hybridized carbons (Fsp3) is 0.273. The van der Waals surface area contributed by atoms with E-state index >= 15 is 0 Å². The summed E-state index contributed by atoms with van der Waals surface area (Å²) in [6, 6.07) is 1.55. The van der Waals surface area contributed by atoms with Gasteiger partial charge in [0, 0.05) is 6.42 Å². The molecule has 0 radical (unpaired) electrons. The summed E-state index contributed by atoms with van der Waals surface area (Å²) in [4.78, 5) is 20.5. The maximum atomic E-state index is 13.7. The van der Waals surface area contributed by atoms with Crippen LogP contribution in [0.25, 0.3) is 0 Å². The van der Waals surface area contributed by atoms with Crippen molar-refractivity contribution in [2.45, 2.75) is 23.8 Å². The summed E-state index contributed by atoms with van der Waals surface area (Å²) in [6.45, 7) is 0. The van der Waals surface area contributed by atoms with Crippen LogP contribution in [0.3, 0.4) is 0 Å². The molecule has 0 bridgehead atoms. The maximum absolute atomic E-state index is 13.7. The number of benzene rings is 1. The molecule has 0 aliphatic heterocycles. The molecule has 1 unspecified atom stereocenters. The van der Waals surface area contributed by atoms with Crippen LogP contribution in [0.2, 0.25) is 5.02 Å². The highest BCUT2D eigenvalue weighted by Gasteiger charge is 2.28. The number of carboxylic acids is 2. The third-order valence-electron chi connectivity index (χ3n) is 2.45. The smallest absolute Gasteiger partial charge is 0.321 e. The van der Waals surface area contributed by atoms with Crippen LogP contribution in [0.15, 0.2) is 23.1 Å². The lowest BCUT2D eigenvalue weighted by molar-refractivity contribution is -0.140. The van der Waals surface area contributed by atoms with Crippen LogP contribution in [0.4, 0.5) is 4.39 Å². The highest BCUT2D eigenvalue weighted by atomic mass is 35.5. The normalized spacial score (nSPS) is 12.9. The van der Waals surface area contributed by atoms with E-state index in [2.05, 4.69) is 0 Å². The molecule has 1 rings (SSSR count). The van der Waals surface area contributed by atoms with Gasteiger partial charge >= 0.3 is 11.9 Å². The van der Waals surface area contributed by atoms with Gasteiger partial charge < -0.3 is 10.2 Å². The number of rotatable bonds is 7. The average Bonchev–Trinajstić information content (AvgIpc) is 2.37. The second kappa shape index (κ2) is 6.83. The third-order valence-corrected chi connectivity index (χ3v) is 4.23. The Hall–Kier alpha value is -1.71. The molecular formula is C11H11ClFNO6S. The lowest BCUT2D eigenvalue weighted by atomic mass is 10.2. The number of halogens is 2. The first-order chi connectivity index (χ1) is 9.65. The minimum atomic E-state index is -4.49. The lowest BCUT2D eigenvalue weighted by Crippen LogP contribution is -2.41. The molecular weight excluding hydrogens is 329 g/mol. The zero-order valence-electron chi connectivity index (χ0n) is 10.4. The minimum absolute atomic E-state index is 0.435. The number of carbonyl (C=O) groups is 2. The van der Waals surface area contributed by atoms with Gasteiger partial charge in [-0.1, -0.05) is 17.7 Å². The highest BCUT2D eigenvalue weighted by Crippen LogP contribution is 2.22. The number of hydrogen-bond acceptors (Lipinski definition) is 4. The molecule has 0 aliphatic rings. The topological polar surface area (TPSA) is 121 Å². The van der Waals surface area contributed by atoms with Crippen LogP contribution >= 0.6 is 11.6 Å². The molecule has 10 heteroatoms. The molecule has 0 aliphatic carbocycles. The van der Waals surface area contributed by atoms with Crippen molar-refractivity contribution in [3.63, 3.8) is 0 Å². The molecule has 0 heterocycles. The molecule has 0 aromatic heterocycles. The van der Waals surface area contributed by atoms with Crippen LogP contribution in [0, 0.1) is 5.82 Å². The lowest BCUT2D eigenvalue weighted by Gasteiger charge is -2.14. The van der Waals surface area contributed by atoms with E-state index in [9.17, 15) is 22.4 Å². The van der Waals surface area contributed by atoms with E-state index in [0.717, 1.165) is 12.1 Å². The van der Waals surface area contributed by atoms with Crippen molar-refractivity contribution in [1.82, 2.24) is 4.72 Å². The van der Waals surface area contributed by atoms with Gasteiger partial charge in [-0.15, -0.1) is 0 Å². The summed E-state index contributed by atoms with van der Waals surface area (Å²) in [5.41, 5.74) is 0. The highest BCUT2D eigenvalue weighted by molar-refractivity contribution is 7.89. The number of carboxylic acid groups (broad SMARTS) is 2. The third kappa shape index (κ3) is 4.66. The summed E-state index contributed by atoms with van der Waals surface area (Å²) < 4.78 is 39.3. The van der Waals surface area contributed by atoms with Crippen LogP contribution in [0.1, 0.15) is 12.8 Å². The van der Waals surface area contributed by atoms with Gasteiger partial charge in [0.25, 0.3) is 0 Å². The molecule has 0 amide bonds. The molecule has 1 aromatic rings. The largest absolute Gasteiger partial charge is 0.481 e. The van der Waals surface area contributed by atoms with Crippen molar-refractivity contribution in [3.8, 4) is 0 Å². The Morgan fingerprint density at radius 1 is 1.33 bits per heavy atom. The van der Waals surface area contributed by atoms with E-state index in [1.807, 2.05) is 0 Å². The van der Waals surface area contributed by atoms with Gasteiger partial charge in [-0.2, -0.15) is 4.72 Å². The fourth-order valence-corrected chi connectivity index (χ4v) is 3.00. The van der Waals surface area contributed by atoms with Crippen molar-refractivity contribution in [2.75, 3.05) is 0 Å². The van der Waals surface area contributed by atoms with Gasteiger partial charge in [0.15, 0.2) is 5.82 Å². The van der Waals surface area contributed by atoms with Gasteiger partial charge in [-0.25, -0.2) is 12.8 Å². The Bertz CT molecular complexity index is 663. The maximum Gasteiger partial charge on any atom is 0.321 e. The summed E-state index contributed by atoms with van der Waals surface area (Å²) in [5.74, 6) is -4.06. The monoisotopic (exact) mass is 339 g/mol. The second-order valence-electron chi connectivity index (χ2n) is 4.00. The predicted octanol–water partition coefficient (Wildman–Crippen LogP) is 1.08. The first-order valence-corrected chi connectivity index (χ1v) is 7.42. The van der Waals surface area contributed by atoms with Crippen LogP contribution in [0.5, 0.6) is 0 Å². The van der Waals surface area contributed by atoms with Crippen molar-refractivity contribution >= 4 is 33.6 Å². The Kier molecular flexibility index (Phi) is 5.64. The Balaban J connectivity index is 3.03. The Morgan fingerprint density at radius 3 is 2.48 bits per heavy atom. The van der Waals surface area contributed by atoms with Gasteiger partial charge in [0.1, 0.15) is 10.9 Å². The van der Waals surface area contributed by atoms with Crippen molar-refractivity contribution < 1.29 is 32.6 Å².